The molecule has 0 aliphatic rings. The molecule has 3 nitrogen and oxygen atoms in total. The van der Waals surface area contributed by atoms with Gasteiger partial charge >= 0.3 is 0 Å². The zero-order valence-corrected chi connectivity index (χ0v) is 9.24. The Morgan fingerprint density at radius 1 is 1.29 bits per heavy atom. The first-order chi connectivity index (χ1) is 6.50. The number of nitrogens with zero attached hydrogens (tertiary/aromatic N) is 1. The molecule has 1 aromatic carbocycles. The molecule has 0 radical (unpaired) electrons. The molecular formula is C11H18N2O. The number of ether oxygens (including phenoxy) is 1. The second-order valence-electron chi connectivity index (χ2n) is 3.79. The van der Waals surface area contributed by atoms with Crippen LogP contribution in [0.15, 0.2) is 18.2 Å². The number of nitrogen functional groups attached to an aromatic ring is 1. The van der Waals surface area contributed by atoms with E-state index in [0.29, 0.717) is 0 Å². The van der Waals surface area contributed by atoms with Crippen molar-refractivity contribution in [2.75, 3.05) is 24.7 Å². The van der Waals surface area contributed by atoms with E-state index >= 15 is 0 Å². The predicted octanol–water partition coefficient (Wildman–Crippen LogP) is 2.12. The number of benzene rings is 1. The molecule has 78 valence electrons. The van der Waals surface area contributed by atoms with Crippen molar-refractivity contribution in [3.63, 3.8) is 0 Å². The average molecular weight is 194 g/mol. The number of nitrogens with two attached hydrogens (primary N) is 1. The minimum absolute atomic E-state index is 0.162. The van der Waals surface area contributed by atoms with E-state index in [0.717, 1.165) is 17.1 Å². The standard InChI is InChI=1S/C11H18N2O/c1-8(2)14-11-7-9(12)5-6-10(11)13(3)4/h5-8H,12H2,1-4H3. The van der Waals surface area contributed by atoms with Crippen molar-refractivity contribution in [1.29, 1.82) is 0 Å². The first-order valence-electron chi connectivity index (χ1n) is 4.74. The number of rotatable bonds is 3. The molecule has 1 aromatic rings. The molecule has 14 heavy (non-hydrogen) atoms. The van der Waals surface area contributed by atoms with Crippen LogP contribution < -0.4 is 15.4 Å². The summed E-state index contributed by atoms with van der Waals surface area (Å²) in [4.78, 5) is 2.01. The molecule has 0 amide bonds. The normalized spacial score (nSPS) is 10.4. The summed E-state index contributed by atoms with van der Waals surface area (Å²) in [7, 11) is 3.97. The first kappa shape index (κ1) is 10.7. The lowest BCUT2D eigenvalue weighted by molar-refractivity contribution is 0.243. The highest BCUT2D eigenvalue weighted by Crippen LogP contribution is 2.29. The summed E-state index contributed by atoms with van der Waals surface area (Å²) in [6.45, 7) is 4.01. The smallest absolute Gasteiger partial charge is 0.145 e. The number of anilines is 2. The van der Waals surface area contributed by atoms with E-state index in [2.05, 4.69) is 0 Å². The maximum Gasteiger partial charge on any atom is 0.145 e. The first-order valence-corrected chi connectivity index (χ1v) is 4.74. The molecular weight excluding hydrogens is 176 g/mol. The van der Waals surface area contributed by atoms with Crippen molar-refractivity contribution in [3.05, 3.63) is 18.2 Å². The maximum absolute atomic E-state index is 5.70. The van der Waals surface area contributed by atoms with Crippen LogP contribution in [0.2, 0.25) is 0 Å². The van der Waals surface area contributed by atoms with Crippen LogP contribution in [-0.4, -0.2) is 20.2 Å². The van der Waals surface area contributed by atoms with Crippen LogP contribution in [-0.2, 0) is 0 Å². The SMILES string of the molecule is CC(C)Oc1cc(N)ccc1N(C)C. The molecule has 0 aliphatic heterocycles. The molecule has 0 aromatic heterocycles. The van der Waals surface area contributed by atoms with Crippen LogP contribution in [0, 0.1) is 0 Å². The summed E-state index contributed by atoms with van der Waals surface area (Å²) in [5, 5.41) is 0. The van der Waals surface area contributed by atoms with E-state index in [1.165, 1.54) is 0 Å². The zero-order chi connectivity index (χ0) is 10.7. The van der Waals surface area contributed by atoms with Gasteiger partial charge in [-0.15, -0.1) is 0 Å². The Hall–Kier alpha value is -1.38. The minimum Gasteiger partial charge on any atom is -0.489 e. The summed E-state index contributed by atoms with van der Waals surface area (Å²) in [5.74, 6) is 0.838. The minimum atomic E-state index is 0.162. The highest BCUT2D eigenvalue weighted by Gasteiger charge is 2.07. The van der Waals surface area contributed by atoms with Gasteiger partial charge in [-0.2, -0.15) is 0 Å². The van der Waals surface area contributed by atoms with E-state index < -0.39 is 0 Å². The van der Waals surface area contributed by atoms with Crippen LogP contribution in [0.25, 0.3) is 0 Å². The van der Waals surface area contributed by atoms with Gasteiger partial charge in [0.15, 0.2) is 0 Å². The fourth-order valence-corrected chi connectivity index (χ4v) is 1.25. The van der Waals surface area contributed by atoms with E-state index in [9.17, 15) is 0 Å². The van der Waals surface area contributed by atoms with Crippen LogP contribution in [0.5, 0.6) is 5.75 Å². The maximum atomic E-state index is 5.70. The lowest BCUT2D eigenvalue weighted by Gasteiger charge is -2.19. The number of hydrogen-bond acceptors (Lipinski definition) is 3. The Morgan fingerprint density at radius 3 is 2.43 bits per heavy atom. The van der Waals surface area contributed by atoms with E-state index in [1.54, 1.807) is 0 Å². The lowest BCUT2D eigenvalue weighted by Crippen LogP contribution is -2.13. The van der Waals surface area contributed by atoms with Crippen LogP contribution >= 0.6 is 0 Å². The lowest BCUT2D eigenvalue weighted by atomic mass is 10.2. The van der Waals surface area contributed by atoms with Gasteiger partial charge in [0.2, 0.25) is 0 Å². The predicted molar refractivity (Wildman–Crippen MR) is 60.9 cm³/mol. The van der Waals surface area contributed by atoms with Crippen molar-refractivity contribution in [3.8, 4) is 5.75 Å². The Morgan fingerprint density at radius 2 is 1.93 bits per heavy atom. The van der Waals surface area contributed by atoms with Gasteiger partial charge in [-0.1, -0.05) is 0 Å². The summed E-state index contributed by atoms with van der Waals surface area (Å²) in [5.41, 5.74) is 7.48. The molecule has 0 unspecified atom stereocenters. The molecule has 0 saturated heterocycles. The molecule has 0 atom stereocenters. The van der Waals surface area contributed by atoms with Gasteiger partial charge in [-0.3, -0.25) is 0 Å². The van der Waals surface area contributed by atoms with Crippen molar-refractivity contribution >= 4 is 11.4 Å². The molecule has 1 rings (SSSR count). The van der Waals surface area contributed by atoms with E-state index in [4.69, 9.17) is 10.5 Å². The molecule has 0 saturated carbocycles. The Balaban J connectivity index is 3.03. The summed E-state index contributed by atoms with van der Waals surface area (Å²) in [6.07, 6.45) is 0.162. The molecule has 3 heteroatoms. The fourth-order valence-electron chi connectivity index (χ4n) is 1.25. The fraction of sp³-hybridized carbons (Fsp3) is 0.455. The molecule has 0 spiro atoms. The summed E-state index contributed by atoms with van der Waals surface area (Å²) in [6, 6.07) is 5.70. The molecule has 0 bridgehead atoms. The van der Waals surface area contributed by atoms with Crippen molar-refractivity contribution < 1.29 is 4.74 Å². The van der Waals surface area contributed by atoms with E-state index in [-0.39, 0.29) is 6.10 Å². The van der Waals surface area contributed by atoms with Crippen molar-refractivity contribution in [1.82, 2.24) is 0 Å². The van der Waals surface area contributed by atoms with Crippen molar-refractivity contribution in [2.45, 2.75) is 20.0 Å². The summed E-state index contributed by atoms with van der Waals surface area (Å²) < 4.78 is 5.67. The van der Waals surface area contributed by atoms with Crippen LogP contribution in [0.1, 0.15) is 13.8 Å². The highest BCUT2D eigenvalue weighted by atomic mass is 16.5. The Labute approximate surface area is 85.5 Å². The monoisotopic (exact) mass is 194 g/mol. The summed E-state index contributed by atoms with van der Waals surface area (Å²) >= 11 is 0. The van der Waals surface area contributed by atoms with E-state index in [1.807, 2.05) is 51.0 Å². The van der Waals surface area contributed by atoms with Crippen LogP contribution in [0.4, 0.5) is 11.4 Å². The van der Waals surface area contributed by atoms with Crippen molar-refractivity contribution in [2.24, 2.45) is 0 Å². The second-order valence-corrected chi connectivity index (χ2v) is 3.79. The average Bonchev–Trinajstić information content (AvgIpc) is 2.01. The van der Waals surface area contributed by atoms with Gasteiger partial charge in [0, 0.05) is 25.8 Å². The van der Waals surface area contributed by atoms with Gasteiger partial charge in [0.05, 0.1) is 11.8 Å². The van der Waals surface area contributed by atoms with Gasteiger partial charge in [-0.25, -0.2) is 0 Å². The third kappa shape index (κ3) is 2.55. The third-order valence-electron chi connectivity index (χ3n) is 1.83. The van der Waals surface area contributed by atoms with Gasteiger partial charge in [-0.05, 0) is 26.0 Å². The second kappa shape index (κ2) is 4.22. The molecule has 0 fully saturated rings. The Bertz CT molecular complexity index is 308. The van der Waals surface area contributed by atoms with Gasteiger partial charge < -0.3 is 15.4 Å². The molecule has 2 N–H and O–H groups in total. The zero-order valence-electron chi connectivity index (χ0n) is 9.24. The highest BCUT2D eigenvalue weighted by molar-refractivity contribution is 5.63. The quantitative estimate of drug-likeness (QED) is 0.749. The molecule has 0 aliphatic carbocycles. The van der Waals surface area contributed by atoms with Crippen LogP contribution in [0.3, 0.4) is 0 Å². The Kier molecular flexibility index (Phi) is 3.23. The largest absolute Gasteiger partial charge is 0.489 e. The third-order valence-corrected chi connectivity index (χ3v) is 1.83. The molecule has 0 heterocycles. The van der Waals surface area contributed by atoms with Gasteiger partial charge in [0.1, 0.15) is 5.75 Å². The van der Waals surface area contributed by atoms with Gasteiger partial charge in [0.25, 0.3) is 0 Å². The number of hydrogen-bond donors (Lipinski definition) is 1. The topological polar surface area (TPSA) is 38.5 Å².